The molecule has 33 heavy (non-hydrogen) atoms. The number of likely N-dealkylation sites (tertiary alicyclic amines) is 1. The van der Waals surface area contributed by atoms with E-state index in [-0.39, 0.29) is 11.3 Å². The van der Waals surface area contributed by atoms with Gasteiger partial charge in [0.25, 0.3) is 11.3 Å². The standard InChI is InChI=1S/C24H29N3O5S/c1-2-26-10-9-15(13-26)12-25-19-5-3-4-6-20(19)27(33(30)31)21-8-7-17-18-11-16(18)14-32-23(17)22(21)24(28)29/h3-8,15-16,18,25H,2,9-14H2,1H3,(H,28,29)(H,30,31)/t15-,16?,18?/m0/s1. The van der Waals surface area contributed by atoms with Gasteiger partial charge >= 0.3 is 5.97 Å². The summed E-state index contributed by atoms with van der Waals surface area (Å²) >= 11 is -2.49. The summed E-state index contributed by atoms with van der Waals surface area (Å²) in [6, 6.07) is 10.7. The molecule has 3 N–H and O–H groups in total. The maximum atomic E-state index is 12.6. The summed E-state index contributed by atoms with van der Waals surface area (Å²) in [5, 5.41) is 13.5. The number of ether oxygens (including phenoxy) is 1. The Bertz CT molecular complexity index is 1090. The van der Waals surface area contributed by atoms with Crippen molar-refractivity contribution in [3.63, 3.8) is 0 Å². The number of carboxylic acids is 1. The molecule has 0 radical (unpaired) electrons. The first-order valence-corrected chi connectivity index (χ1v) is 12.5. The first kappa shape index (κ1) is 22.2. The van der Waals surface area contributed by atoms with Gasteiger partial charge in [0.2, 0.25) is 0 Å². The summed E-state index contributed by atoms with van der Waals surface area (Å²) < 4.78 is 29.9. The third-order valence-electron chi connectivity index (χ3n) is 7.04. The van der Waals surface area contributed by atoms with Crippen LogP contribution in [-0.2, 0) is 11.3 Å². The fraction of sp³-hybridized carbons (Fsp3) is 0.458. The molecular formula is C24H29N3O5S. The van der Waals surface area contributed by atoms with Gasteiger partial charge in [0, 0.05) is 19.0 Å². The first-order chi connectivity index (χ1) is 16.0. The normalized spacial score (nSPS) is 24.4. The van der Waals surface area contributed by atoms with Crippen LogP contribution < -0.4 is 14.4 Å². The fourth-order valence-electron chi connectivity index (χ4n) is 5.13. The van der Waals surface area contributed by atoms with Crippen molar-refractivity contribution in [1.29, 1.82) is 0 Å². The smallest absolute Gasteiger partial charge is 0.341 e. The van der Waals surface area contributed by atoms with Crippen LogP contribution in [0.2, 0.25) is 0 Å². The van der Waals surface area contributed by atoms with Crippen LogP contribution in [0.15, 0.2) is 36.4 Å². The van der Waals surface area contributed by atoms with Crippen LogP contribution in [0.3, 0.4) is 0 Å². The van der Waals surface area contributed by atoms with Gasteiger partial charge < -0.3 is 20.1 Å². The van der Waals surface area contributed by atoms with Crippen molar-refractivity contribution in [2.24, 2.45) is 11.8 Å². The number of anilines is 3. The maximum absolute atomic E-state index is 12.6. The second-order valence-electron chi connectivity index (χ2n) is 9.07. The highest BCUT2D eigenvalue weighted by atomic mass is 32.2. The van der Waals surface area contributed by atoms with E-state index >= 15 is 0 Å². The number of nitrogens with zero attached hydrogens (tertiary/aromatic N) is 2. The molecule has 3 unspecified atom stereocenters. The molecule has 4 atom stereocenters. The summed E-state index contributed by atoms with van der Waals surface area (Å²) in [4.78, 5) is 14.7. The van der Waals surface area contributed by atoms with E-state index in [0.717, 1.165) is 44.6 Å². The minimum Gasteiger partial charge on any atom is -0.492 e. The Kier molecular flexibility index (Phi) is 6.03. The SMILES string of the molecule is CCN1CC[C@@H](CNc2ccccc2N(c2ccc3c(c2C(=O)O)OCC2CC32)S(=O)O)C1. The molecule has 1 aliphatic carbocycles. The molecule has 0 amide bonds. The molecule has 1 saturated carbocycles. The molecule has 0 bridgehead atoms. The molecule has 0 spiro atoms. The Hall–Kier alpha value is -2.62. The monoisotopic (exact) mass is 471 g/mol. The van der Waals surface area contributed by atoms with Crippen LogP contribution in [-0.4, -0.2) is 57.5 Å². The number of benzene rings is 2. The van der Waals surface area contributed by atoms with Gasteiger partial charge in [-0.3, -0.25) is 4.55 Å². The zero-order chi connectivity index (χ0) is 23.1. The minimum atomic E-state index is -2.49. The van der Waals surface area contributed by atoms with E-state index in [1.165, 1.54) is 4.31 Å². The molecule has 2 aliphatic heterocycles. The van der Waals surface area contributed by atoms with Crippen LogP contribution in [0, 0.1) is 11.8 Å². The summed E-state index contributed by atoms with van der Waals surface area (Å²) in [7, 11) is 0. The average Bonchev–Trinajstić information content (AvgIpc) is 3.46. The predicted molar refractivity (Wildman–Crippen MR) is 128 cm³/mol. The van der Waals surface area contributed by atoms with Gasteiger partial charge in [0.05, 0.1) is 23.7 Å². The number of hydrogen-bond acceptors (Lipinski definition) is 5. The van der Waals surface area contributed by atoms with Gasteiger partial charge in [0.1, 0.15) is 11.3 Å². The number of carboxylic acid groups (broad SMARTS) is 1. The third kappa shape index (κ3) is 4.20. The summed E-state index contributed by atoms with van der Waals surface area (Å²) in [5.74, 6) is 0.399. The van der Waals surface area contributed by atoms with E-state index < -0.39 is 17.2 Å². The van der Waals surface area contributed by atoms with Crippen LogP contribution in [0.5, 0.6) is 5.75 Å². The number of rotatable bonds is 8. The van der Waals surface area contributed by atoms with Gasteiger partial charge in [-0.05, 0) is 61.5 Å². The van der Waals surface area contributed by atoms with E-state index in [4.69, 9.17) is 4.74 Å². The van der Waals surface area contributed by atoms with Gasteiger partial charge in [-0.1, -0.05) is 25.1 Å². The molecule has 176 valence electrons. The lowest BCUT2D eigenvalue weighted by atomic mass is 10.00. The number of carbonyl (C=O) groups is 1. The highest BCUT2D eigenvalue weighted by Gasteiger charge is 2.46. The van der Waals surface area contributed by atoms with Crippen molar-refractivity contribution in [1.82, 2.24) is 4.90 Å². The molecule has 5 rings (SSSR count). The van der Waals surface area contributed by atoms with Crippen LogP contribution in [0.4, 0.5) is 17.1 Å². The van der Waals surface area contributed by atoms with Crippen molar-refractivity contribution in [2.75, 3.05) is 42.4 Å². The predicted octanol–water partition coefficient (Wildman–Crippen LogP) is 3.91. The fourth-order valence-corrected chi connectivity index (χ4v) is 5.78. The average molecular weight is 472 g/mol. The summed E-state index contributed by atoms with van der Waals surface area (Å²) in [5.41, 5.74) is 2.10. The number of aromatic carboxylic acids is 1. The lowest BCUT2D eigenvalue weighted by Gasteiger charge is -2.27. The second-order valence-corrected chi connectivity index (χ2v) is 9.89. The zero-order valence-corrected chi connectivity index (χ0v) is 19.4. The van der Waals surface area contributed by atoms with Gasteiger partial charge in [-0.15, -0.1) is 0 Å². The van der Waals surface area contributed by atoms with E-state index in [2.05, 4.69) is 17.1 Å². The van der Waals surface area contributed by atoms with Crippen LogP contribution >= 0.6 is 0 Å². The Morgan fingerprint density at radius 3 is 2.82 bits per heavy atom. The van der Waals surface area contributed by atoms with Crippen molar-refractivity contribution < 1.29 is 23.4 Å². The highest BCUT2D eigenvalue weighted by Crippen LogP contribution is 2.56. The molecule has 2 fully saturated rings. The lowest BCUT2D eigenvalue weighted by Crippen LogP contribution is -2.25. The molecule has 9 heteroatoms. The number of hydrogen-bond donors (Lipinski definition) is 3. The third-order valence-corrected chi connectivity index (χ3v) is 7.75. The van der Waals surface area contributed by atoms with Crippen LogP contribution in [0.1, 0.15) is 41.6 Å². The molecule has 3 aliphatic rings. The Morgan fingerprint density at radius 1 is 1.27 bits per heavy atom. The quantitative estimate of drug-likeness (QED) is 0.502. The highest BCUT2D eigenvalue weighted by molar-refractivity contribution is 7.81. The Labute approximate surface area is 196 Å². The van der Waals surface area contributed by atoms with Crippen LogP contribution in [0.25, 0.3) is 0 Å². The molecule has 0 aromatic heterocycles. The number of para-hydroxylation sites is 2. The van der Waals surface area contributed by atoms with Gasteiger partial charge in [-0.25, -0.2) is 13.3 Å². The Balaban J connectivity index is 1.49. The largest absolute Gasteiger partial charge is 0.492 e. The van der Waals surface area contributed by atoms with E-state index in [1.807, 2.05) is 18.2 Å². The van der Waals surface area contributed by atoms with E-state index in [1.54, 1.807) is 18.2 Å². The van der Waals surface area contributed by atoms with Gasteiger partial charge in [-0.2, -0.15) is 0 Å². The molecule has 2 heterocycles. The zero-order valence-electron chi connectivity index (χ0n) is 18.6. The lowest BCUT2D eigenvalue weighted by molar-refractivity contribution is 0.0692. The molecule has 2 aromatic carbocycles. The topological polar surface area (TPSA) is 102 Å². The van der Waals surface area contributed by atoms with E-state index in [0.29, 0.717) is 41.5 Å². The maximum Gasteiger partial charge on any atom is 0.341 e. The molecule has 1 saturated heterocycles. The first-order valence-electron chi connectivity index (χ1n) is 11.5. The molecular weight excluding hydrogens is 442 g/mol. The second kappa shape index (κ2) is 8.96. The minimum absolute atomic E-state index is 0.0653. The Morgan fingerprint density at radius 2 is 2.09 bits per heavy atom. The van der Waals surface area contributed by atoms with Crippen molar-refractivity contribution >= 4 is 34.3 Å². The summed E-state index contributed by atoms with van der Waals surface area (Å²) in [6.45, 7) is 6.51. The number of fused-ring (bicyclic) bond motifs is 3. The van der Waals surface area contributed by atoms with Crippen molar-refractivity contribution in [2.45, 2.75) is 25.7 Å². The van der Waals surface area contributed by atoms with Crippen molar-refractivity contribution in [3.05, 3.63) is 47.5 Å². The molecule has 2 aromatic rings. The van der Waals surface area contributed by atoms with Crippen molar-refractivity contribution in [3.8, 4) is 5.75 Å². The van der Waals surface area contributed by atoms with E-state index in [9.17, 15) is 18.7 Å². The van der Waals surface area contributed by atoms with Gasteiger partial charge in [0.15, 0.2) is 0 Å². The summed E-state index contributed by atoms with van der Waals surface area (Å²) in [6.07, 6.45) is 2.09. The number of nitrogens with one attached hydrogen (secondary N) is 1. The molecule has 8 nitrogen and oxygen atoms in total.